The van der Waals surface area contributed by atoms with Crippen LogP contribution >= 0.6 is 0 Å². The zero-order valence-electron chi connectivity index (χ0n) is 19.4. The Bertz CT molecular complexity index is 1500. The molecule has 0 atom stereocenters. The molecule has 10 nitrogen and oxygen atoms in total. The molecule has 0 amide bonds. The fourth-order valence-corrected chi connectivity index (χ4v) is 5.51. The smallest absolute Gasteiger partial charge is 0.335 e. The Morgan fingerprint density at radius 3 is 2.51 bits per heavy atom. The third-order valence-corrected chi connectivity index (χ3v) is 7.71. The number of ether oxygens (including phenoxy) is 1. The summed E-state index contributed by atoms with van der Waals surface area (Å²) in [6.07, 6.45) is 3.76. The summed E-state index contributed by atoms with van der Waals surface area (Å²) < 4.78 is 33.7. The van der Waals surface area contributed by atoms with Gasteiger partial charge >= 0.3 is 5.69 Å². The SMILES string of the molecule is COc1cc(S(=O)(=O)N2CCCCC2)ccc1N=Cc1c(O)n(-c2cccc(C)c2)c(=O)[nH]c1=O. The van der Waals surface area contributed by atoms with Gasteiger partial charge in [0, 0.05) is 25.4 Å². The van der Waals surface area contributed by atoms with Crippen molar-refractivity contribution in [2.45, 2.75) is 31.1 Å². The molecule has 0 bridgehead atoms. The number of hydrogen-bond acceptors (Lipinski definition) is 7. The largest absolute Gasteiger partial charge is 0.494 e. The zero-order valence-corrected chi connectivity index (χ0v) is 20.2. The number of aryl methyl sites for hydroxylation is 1. The standard InChI is InChI=1S/C24H26N4O6S/c1-16-7-6-8-17(13-16)28-23(30)19(22(29)26-24(28)31)15-25-20-10-9-18(14-21(20)34-2)35(32,33)27-11-4-3-5-12-27/h6-10,13-15,30H,3-5,11-12H2,1-2H3,(H,26,29,31). The number of piperidine rings is 1. The van der Waals surface area contributed by atoms with Crippen LogP contribution in [0.3, 0.4) is 0 Å². The highest BCUT2D eigenvalue weighted by molar-refractivity contribution is 7.89. The summed E-state index contributed by atoms with van der Waals surface area (Å²) in [6, 6.07) is 11.1. The average Bonchev–Trinajstić information content (AvgIpc) is 2.84. The van der Waals surface area contributed by atoms with Crippen LogP contribution in [0.2, 0.25) is 0 Å². The number of methoxy groups -OCH3 is 1. The number of H-pyrrole nitrogens is 1. The van der Waals surface area contributed by atoms with Crippen LogP contribution in [-0.2, 0) is 10.0 Å². The number of aromatic nitrogens is 2. The van der Waals surface area contributed by atoms with Crippen molar-refractivity contribution in [2.24, 2.45) is 4.99 Å². The van der Waals surface area contributed by atoms with E-state index in [1.165, 1.54) is 29.6 Å². The van der Waals surface area contributed by atoms with Gasteiger partial charge in [0.15, 0.2) is 0 Å². The van der Waals surface area contributed by atoms with E-state index in [4.69, 9.17) is 4.74 Å². The summed E-state index contributed by atoms with van der Waals surface area (Å²) >= 11 is 0. The lowest BCUT2D eigenvalue weighted by molar-refractivity contribution is 0.346. The number of hydrogen-bond donors (Lipinski definition) is 2. The van der Waals surface area contributed by atoms with Crippen molar-refractivity contribution in [1.29, 1.82) is 0 Å². The second kappa shape index (κ2) is 9.88. The molecule has 35 heavy (non-hydrogen) atoms. The van der Waals surface area contributed by atoms with Crippen LogP contribution in [-0.4, -0.2) is 53.8 Å². The highest BCUT2D eigenvalue weighted by atomic mass is 32.2. The summed E-state index contributed by atoms with van der Waals surface area (Å²) in [5.74, 6) is -0.390. The quantitative estimate of drug-likeness (QED) is 0.502. The first-order chi connectivity index (χ1) is 16.7. The Labute approximate surface area is 202 Å². The number of nitrogens with one attached hydrogen (secondary N) is 1. The van der Waals surface area contributed by atoms with E-state index in [-0.39, 0.29) is 21.9 Å². The molecule has 2 N–H and O–H groups in total. The second-order valence-electron chi connectivity index (χ2n) is 8.23. The van der Waals surface area contributed by atoms with Crippen LogP contribution in [0.15, 0.2) is 61.9 Å². The van der Waals surface area contributed by atoms with Crippen LogP contribution in [0.25, 0.3) is 5.69 Å². The summed E-state index contributed by atoms with van der Waals surface area (Å²) in [6.45, 7) is 2.79. The first-order valence-corrected chi connectivity index (χ1v) is 12.5. The van der Waals surface area contributed by atoms with Gasteiger partial charge in [0.2, 0.25) is 15.9 Å². The second-order valence-corrected chi connectivity index (χ2v) is 10.2. The number of aromatic hydroxyl groups is 1. The van der Waals surface area contributed by atoms with E-state index in [9.17, 15) is 23.1 Å². The highest BCUT2D eigenvalue weighted by Crippen LogP contribution is 2.32. The summed E-state index contributed by atoms with van der Waals surface area (Å²) in [7, 11) is -2.29. The number of rotatable bonds is 6. The van der Waals surface area contributed by atoms with Crippen molar-refractivity contribution in [3.8, 4) is 17.3 Å². The maximum atomic E-state index is 13.0. The van der Waals surface area contributed by atoms with Gasteiger partial charge in [-0.05, 0) is 49.6 Å². The summed E-state index contributed by atoms with van der Waals surface area (Å²) in [5.41, 5.74) is -0.360. The van der Waals surface area contributed by atoms with Crippen LogP contribution in [0, 0.1) is 6.92 Å². The number of benzene rings is 2. The topological polar surface area (TPSA) is 134 Å². The van der Waals surface area contributed by atoms with Gasteiger partial charge in [-0.25, -0.2) is 17.8 Å². The fourth-order valence-electron chi connectivity index (χ4n) is 3.97. The molecule has 0 unspecified atom stereocenters. The van der Waals surface area contributed by atoms with Crippen molar-refractivity contribution in [3.63, 3.8) is 0 Å². The molecule has 2 heterocycles. The molecule has 1 aliphatic rings. The van der Waals surface area contributed by atoms with Crippen LogP contribution in [0.5, 0.6) is 11.6 Å². The molecule has 11 heteroatoms. The Morgan fingerprint density at radius 2 is 1.83 bits per heavy atom. The molecular formula is C24H26N4O6S. The van der Waals surface area contributed by atoms with E-state index in [1.807, 2.05) is 13.0 Å². The molecule has 1 fully saturated rings. The van der Waals surface area contributed by atoms with E-state index >= 15 is 0 Å². The van der Waals surface area contributed by atoms with Gasteiger partial charge in [0.05, 0.1) is 17.7 Å². The molecule has 1 saturated heterocycles. The molecule has 0 radical (unpaired) electrons. The van der Waals surface area contributed by atoms with Gasteiger partial charge in [0.25, 0.3) is 5.56 Å². The Balaban J connectivity index is 1.72. The molecule has 0 saturated carbocycles. The predicted octanol–water partition coefficient (Wildman–Crippen LogP) is 2.47. The van der Waals surface area contributed by atoms with Gasteiger partial charge < -0.3 is 9.84 Å². The molecule has 4 rings (SSSR count). The lowest BCUT2D eigenvalue weighted by Gasteiger charge is -2.26. The van der Waals surface area contributed by atoms with Crippen molar-refractivity contribution in [2.75, 3.05) is 20.2 Å². The van der Waals surface area contributed by atoms with E-state index in [1.54, 1.807) is 18.2 Å². The molecule has 3 aromatic rings. The van der Waals surface area contributed by atoms with Gasteiger partial charge in [-0.1, -0.05) is 18.6 Å². The molecule has 184 valence electrons. The molecule has 0 aliphatic carbocycles. The average molecular weight is 499 g/mol. The van der Waals surface area contributed by atoms with E-state index < -0.39 is 27.2 Å². The molecule has 1 aromatic heterocycles. The Kier molecular flexibility index (Phi) is 6.90. The van der Waals surface area contributed by atoms with Crippen molar-refractivity contribution in [1.82, 2.24) is 13.9 Å². The minimum atomic E-state index is -3.67. The summed E-state index contributed by atoms with van der Waals surface area (Å²) in [4.78, 5) is 31.3. The van der Waals surface area contributed by atoms with Crippen molar-refractivity contribution in [3.05, 3.63) is 74.4 Å². The fraction of sp³-hybridized carbons (Fsp3) is 0.292. The first kappa shape index (κ1) is 24.4. The minimum absolute atomic E-state index is 0.0869. The predicted molar refractivity (Wildman–Crippen MR) is 132 cm³/mol. The molecule has 0 spiro atoms. The molecular weight excluding hydrogens is 472 g/mol. The normalized spacial score (nSPS) is 14.9. The van der Waals surface area contributed by atoms with E-state index in [0.29, 0.717) is 18.8 Å². The highest BCUT2D eigenvalue weighted by Gasteiger charge is 2.26. The van der Waals surface area contributed by atoms with E-state index in [0.717, 1.165) is 35.6 Å². The molecule has 1 aliphatic heterocycles. The Hall–Kier alpha value is -3.70. The van der Waals surface area contributed by atoms with Gasteiger partial charge in [-0.2, -0.15) is 4.31 Å². The zero-order chi connectivity index (χ0) is 25.2. The van der Waals surface area contributed by atoms with Crippen LogP contribution in [0.4, 0.5) is 5.69 Å². The molecule has 2 aromatic carbocycles. The van der Waals surface area contributed by atoms with Crippen LogP contribution in [0.1, 0.15) is 30.4 Å². The number of aromatic amines is 1. The number of aliphatic imine (C=N–C) groups is 1. The Morgan fingerprint density at radius 1 is 1.09 bits per heavy atom. The van der Waals surface area contributed by atoms with Gasteiger partial charge in [-0.3, -0.25) is 14.8 Å². The minimum Gasteiger partial charge on any atom is -0.494 e. The maximum absolute atomic E-state index is 13.0. The number of nitrogens with zero attached hydrogens (tertiary/aromatic N) is 3. The third-order valence-electron chi connectivity index (χ3n) is 5.82. The monoisotopic (exact) mass is 498 g/mol. The van der Waals surface area contributed by atoms with Gasteiger partial charge in [0.1, 0.15) is 17.0 Å². The van der Waals surface area contributed by atoms with E-state index in [2.05, 4.69) is 9.98 Å². The van der Waals surface area contributed by atoms with Crippen LogP contribution < -0.4 is 16.0 Å². The summed E-state index contributed by atoms with van der Waals surface area (Å²) in [5, 5.41) is 10.7. The first-order valence-electron chi connectivity index (χ1n) is 11.1. The van der Waals surface area contributed by atoms with Gasteiger partial charge in [-0.15, -0.1) is 0 Å². The lowest BCUT2D eigenvalue weighted by atomic mass is 10.2. The lowest BCUT2D eigenvalue weighted by Crippen LogP contribution is -2.35. The maximum Gasteiger partial charge on any atom is 0.335 e. The van der Waals surface area contributed by atoms with Crippen molar-refractivity contribution < 1.29 is 18.3 Å². The number of sulfonamides is 1. The third kappa shape index (κ3) is 4.91. The van der Waals surface area contributed by atoms with Crippen molar-refractivity contribution >= 4 is 21.9 Å².